The Hall–Kier alpha value is -1.30. The van der Waals surface area contributed by atoms with Gasteiger partial charge in [0, 0.05) is 30.9 Å². The molecule has 3 heterocycles. The molecule has 2 N–H and O–H groups in total. The fourth-order valence-corrected chi connectivity index (χ4v) is 2.62. The maximum absolute atomic E-state index is 12.4. The molecule has 2 aromatic rings. The van der Waals surface area contributed by atoms with Crippen molar-refractivity contribution < 1.29 is 9.21 Å². The number of furan rings is 1. The van der Waals surface area contributed by atoms with Gasteiger partial charge in [-0.2, -0.15) is 0 Å². The number of nitrogens with two attached hydrogens (primary N) is 1. The molecule has 5 nitrogen and oxygen atoms in total. The minimum atomic E-state index is -0.0800. The number of pyridine rings is 1. The van der Waals surface area contributed by atoms with Gasteiger partial charge in [0.25, 0.3) is 5.91 Å². The van der Waals surface area contributed by atoms with Crippen molar-refractivity contribution in [3.8, 4) is 0 Å². The van der Waals surface area contributed by atoms with Crippen LogP contribution in [-0.2, 0) is 0 Å². The van der Waals surface area contributed by atoms with Gasteiger partial charge in [0.15, 0.2) is 11.3 Å². The molecule has 1 amide bonds. The van der Waals surface area contributed by atoms with Gasteiger partial charge in [-0.05, 0) is 31.9 Å². The zero-order chi connectivity index (χ0) is 13.4. The van der Waals surface area contributed by atoms with Gasteiger partial charge in [-0.3, -0.25) is 4.79 Å². The first-order valence-corrected chi connectivity index (χ1v) is 6.57. The smallest absolute Gasteiger partial charge is 0.289 e. The van der Waals surface area contributed by atoms with Gasteiger partial charge in [-0.1, -0.05) is 0 Å². The molecule has 1 aliphatic rings. The highest BCUT2D eigenvalue weighted by molar-refractivity contribution is 5.95. The van der Waals surface area contributed by atoms with E-state index in [1.165, 1.54) is 0 Å². The number of carbonyl (C=O) groups is 1. The molecule has 0 saturated carbocycles. The summed E-state index contributed by atoms with van der Waals surface area (Å²) in [6.45, 7) is 3.17. The molecule has 1 atom stereocenters. The van der Waals surface area contributed by atoms with E-state index in [0.717, 1.165) is 30.6 Å². The largest absolute Gasteiger partial charge is 0.449 e. The Bertz CT molecular complexity index is 630. The molecule has 0 aromatic carbocycles. The minimum absolute atomic E-state index is 0. The second kappa shape index (κ2) is 7.11. The van der Waals surface area contributed by atoms with Crippen molar-refractivity contribution in [3.63, 3.8) is 0 Å². The quantitative estimate of drug-likeness (QED) is 0.917. The molecule has 7 heteroatoms. The highest BCUT2D eigenvalue weighted by Gasteiger charge is 2.30. The molecule has 0 radical (unpaired) electrons. The van der Waals surface area contributed by atoms with E-state index in [0.29, 0.717) is 17.9 Å². The molecule has 1 aliphatic heterocycles. The van der Waals surface area contributed by atoms with Crippen molar-refractivity contribution in [3.05, 3.63) is 29.7 Å². The Morgan fingerprint density at radius 1 is 1.48 bits per heavy atom. The average Bonchev–Trinajstić information content (AvgIpc) is 3.03. The van der Waals surface area contributed by atoms with Gasteiger partial charge in [0.1, 0.15) is 5.52 Å². The topological polar surface area (TPSA) is 72.4 Å². The van der Waals surface area contributed by atoms with Crippen LogP contribution < -0.4 is 5.73 Å². The summed E-state index contributed by atoms with van der Waals surface area (Å²) in [6.07, 6.45) is 1.98. The Kier molecular flexibility index (Phi) is 6.01. The van der Waals surface area contributed by atoms with Crippen LogP contribution in [0.1, 0.15) is 29.1 Å². The summed E-state index contributed by atoms with van der Waals surface area (Å²) >= 11 is 0. The normalized spacial score (nSPS) is 17.4. The number of likely N-dealkylation sites (tertiary alicyclic amines) is 1. The van der Waals surface area contributed by atoms with Gasteiger partial charge in [-0.15, -0.1) is 24.8 Å². The summed E-state index contributed by atoms with van der Waals surface area (Å²) in [6, 6.07) is 5.57. The fraction of sp³-hybridized carbons (Fsp3) is 0.429. The Morgan fingerprint density at radius 3 is 2.95 bits per heavy atom. The third kappa shape index (κ3) is 3.31. The van der Waals surface area contributed by atoms with Crippen LogP contribution in [0.4, 0.5) is 0 Å². The number of hydrogen-bond donors (Lipinski definition) is 1. The van der Waals surface area contributed by atoms with Gasteiger partial charge in [0.2, 0.25) is 0 Å². The summed E-state index contributed by atoms with van der Waals surface area (Å²) < 4.78 is 5.60. The number of amides is 1. The van der Waals surface area contributed by atoms with Crippen molar-refractivity contribution in [2.75, 3.05) is 13.1 Å². The van der Waals surface area contributed by atoms with Crippen molar-refractivity contribution in [2.24, 2.45) is 5.73 Å². The third-order valence-corrected chi connectivity index (χ3v) is 3.63. The van der Waals surface area contributed by atoms with E-state index >= 15 is 0 Å². The Labute approximate surface area is 135 Å². The van der Waals surface area contributed by atoms with Crippen LogP contribution in [0.5, 0.6) is 0 Å². The fourth-order valence-electron chi connectivity index (χ4n) is 2.62. The molecule has 1 saturated heterocycles. The Balaban J connectivity index is 0.00000110. The highest BCUT2D eigenvalue weighted by Crippen LogP contribution is 2.23. The zero-order valence-electron chi connectivity index (χ0n) is 11.7. The summed E-state index contributed by atoms with van der Waals surface area (Å²) in [5.41, 5.74) is 7.99. The lowest BCUT2D eigenvalue weighted by Crippen LogP contribution is -2.39. The molecular weight excluding hydrogens is 313 g/mol. The van der Waals surface area contributed by atoms with Crippen LogP contribution in [0.3, 0.4) is 0 Å². The molecule has 116 valence electrons. The van der Waals surface area contributed by atoms with Crippen LogP contribution in [0, 0.1) is 6.92 Å². The lowest BCUT2D eigenvalue weighted by Gasteiger charge is -2.22. The van der Waals surface area contributed by atoms with Crippen molar-refractivity contribution in [1.82, 2.24) is 9.88 Å². The number of fused-ring (bicyclic) bond motifs is 1. The summed E-state index contributed by atoms with van der Waals surface area (Å²) in [4.78, 5) is 18.6. The maximum atomic E-state index is 12.4. The third-order valence-electron chi connectivity index (χ3n) is 3.63. The van der Waals surface area contributed by atoms with Crippen molar-refractivity contribution in [1.29, 1.82) is 0 Å². The minimum Gasteiger partial charge on any atom is -0.449 e. The molecular formula is C14H19Cl2N3O2. The maximum Gasteiger partial charge on any atom is 0.289 e. The standard InChI is InChI=1S/C14H17N3O2.2ClH/c1-9-4-5-12-11(16-9)7-13(19-12)14(18)17-6-2-3-10(17)8-15;;/h4-5,7,10H,2-3,6,8,15H2,1H3;2*1H. The van der Waals surface area contributed by atoms with E-state index in [4.69, 9.17) is 10.2 Å². The first-order chi connectivity index (χ1) is 9.19. The monoisotopic (exact) mass is 331 g/mol. The number of rotatable bonds is 2. The highest BCUT2D eigenvalue weighted by atomic mass is 35.5. The number of nitrogens with zero attached hydrogens (tertiary/aromatic N) is 2. The molecule has 3 rings (SSSR count). The predicted octanol–water partition coefficient (Wildman–Crippen LogP) is 2.54. The van der Waals surface area contributed by atoms with Crippen LogP contribution in [0.25, 0.3) is 11.1 Å². The molecule has 0 aliphatic carbocycles. The number of halogens is 2. The van der Waals surface area contributed by atoms with Crippen molar-refractivity contribution >= 4 is 41.8 Å². The second-order valence-corrected chi connectivity index (χ2v) is 4.98. The van der Waals surface area contributed by atoms with Gasteiger partial charge < -0.3 is 15.1 Å². The Morgan fingerprint density at radius 2 is 2.24 bits per heavy atom. The average molecular weight is 332 g/mol. The van der Waals surface area contributed by atoms with E-state index < -0.39 is 0 Å². The molecule has 21 heavy (non-hydrogen) atoms. The molecule has 2 aromatic heterocycles. The van der Waals surface area contributed by atoms with E-state index in [1.54, 1.807) is 6.07 Å². The summed E-state index contributed by atoms with van der Waals surface area (Å²) in [5.74, 6) is 0.275. The van der Waals surface area contributed by atoms with E-state index in [9.17, 15) is 4.79 Å². The van der Waals surface area contributed by atoms with E-state index in [-0.39, 0.29) is 36.8 Å². The predicted molar refractivity (Wildman–Crippen MR) is 86.4 cm³/mol. The SMILES string of the molecule is Cc1ccc2oc(C(=O)N3CCCC3CN)cc2n1.Cl.Cl. The molecule has 1 fully saturated rings. The summed E-state index contributed by atoms with van der Waals surface area (Å²) in [7, 11) is 0. The summed E-state index contributed by atoms with van der Waals surface area (Å²) in [5, 5.41) is 0. The van der Waals surface area contributed by atoms with Gasteiger partial charge in [-0.25, -0.2) is 4.98 Å². The lowest BCUT2D eigenvalue weighted by molar-refractivity contribution is 0.0711. The second-order valence-electron chi connectivity index (χ2n) is 4.98. The molecule has 1 unspecified atom stereocenters. The van der Waals surface area contributed by atoms with E-state index in [1.807, 2.05) is 24.0 Å². The zero-order valence-corrected chi connectivity index (χ0v) is 13.4. The van der Waals surface area contributed by atoms with Crippen LogP contribution in [0.15, 0.2) is 22.6 Å². The van der Waals surface area contributed by atoms with Crippen LogP contribution in [0.2, 0.25) is 0 Å². The lowest BCUT2D eigenvalue weighted by atomic mass is 10.2. The number of hydrogen-bond acceptors (Lipinski definition) is 4. The van der Waals surface area contributed by atoms with Crippen LogP contribution >= 0.6 is 24.8 Å². The number of carbonyl (C=O) groups excluding carboxylic acids is 1. The first kappa shape index (κ1) is 17.8. The number of aromatic nitrogens is 1. The van der Waals surface area contributed by atoms with Crippen LogP contribution in [-0.4, -0.2) is 34.9 Å². The van der Waals surface area contributed by atoms with Gasteiger partial charge in [0.05, 0.1) is 0 Å². The molecule has 0 spiro atoms. The van der Waals surface area contributed by atoms with Gasteiger partial charge >= 0.3 is 0 Å². The molecule has 0 bridgehead atoms. The first-order valence-electron chi connectivity index (χ1n) is 6.57. The van der Waals surface area contributed by atoms with Crippen molar-refractivity contribution in [2.45, 2.75) is 25.8 Å². The van der Waals surface area contributed by atoms with E-state index in [2.05, 4.69) is 4.98 Å². The number of aryl methyl sites for hydroxylation is 1.